The number of nitrogens with zero attached hydrogens (tertiary/aromatic N) is 2. The van der Waals surface area contributed by atoms with Crippen LogP contribution in [-0.2, 0) is 0 Å². The van der Waals surface area contributed by atoms with Crippen LogP contribution >= 0.6 is 0 Å². The van der Waals surface area contributed by atoms with E-state index < -0.39 is 0 Å². The van der Waals surface area contributed by atoms with E-state index in [0.717, 1.165) is 5.56 Å². The lowest BCUT2D eigenvalue weighted by atomic mass is 10.1. The van der Waals surface area contributed by atoms with Crippen LogP contribution in [0.1, 0.15) is 52.5 Å². The molecule has 2 aromatic rings. The van der Waals surface area contributed by atoms with Gasteiger partial charge in [-0.1, -0.05) is 30.3 Å². The Bertz CT molecular complexity index is 708. The minimum absolute atomic E-state index is 0.0910. The average Bonchev–Trinajstić information content (AvgIpc) is 2.98. The van der Waals surface area contributed by atoms with Crippen molar-refractivity contribution in [1.82, 2.24) is 20.2 Å². The van der Waals surface area contributed by atoms with Gasteiger partial charge in [-0.05, 0) is 19.4 Å². The molecule has 6 heteroatoms. The SMILES string of the molecule is C[C@H](NC(=O)c1ncn2c1C(=O)NC[C@@H]2C)c1ccccc1. The van der Waals surface area contributed by atoms with Crippen molar-refractivity contribution in [2.24, 2.45) is 0 Å². The van der Waals surface area contributed by atoms with E-state index >= 15 is 0 Å². The fourth-order valence-corrected chi connectivity index (χ4v) is 2.60. The van der Waals surface area contributed by atoms with Gasteiger partial charge in [0.25, 0.3) is 11.8 Å². The molecule has 1 aromatic carbocycles. The number of fused-ring (bicyclic) bond motifs is 1. The number of imidazole rings is 1. The van der Waals surface area contributed by atoms with Gasteiger partial charge in [-0.25, -0.2) is 4.98 Å². The fraction of sp³-hybridized carbons (Fsp3) is 0.312. The first-order valence-corrected chi connectivity index (χ1v) is 7.28. The van der Waals surface area contributed by atoms with Crippen LogP contribution in [0.15, 0.2) is 36.7 Å². The molecule has 2 amide bonds. The Kier molecular flexibility index (Phi) is 3.66. The van der Waals surface area contributed by atoms with Gasteiger partial charge >= 0.3 is 0 Å². The first-order valence-electron chi connectivity index (χ1n) is 7.28. The third kappa shape index (κ3) is 2.47. The smallest absolute Gasteiger partial charge is 0.272 e. The maximum atomic E-state index is 12.4. The number of aromatic nitrogens is 2. The van der Waals surface area contributed by atoms with E-state index in [9.17, 15) is 9.59 Å². The lowest BCUT2D eigenvalue weighted by Gasteiger charge is -2.23. The molecule has 3 rings (SSSR count). The van der Waals surface area contributed by atoms with Crippen molar-refractivity contribution in [3.05, 3.63) is 53.6 Å². The molecule has 0 unspecified atom stereocenters. The van der Waals surface area contributed by atoms with Gasteiger partial charge in [-0.3, -0.25) is 9.59 Å². The summed E-state index contributed by atoms with van der Waals surface area (Å²) in [5, 5.41) is 5.66. The molecule has 6 nitrogen and oxygen atoms in total. The van der Waals surface area contributed by atoms with Crippen molar-refractivity contribution in [2.75, 3.05) is 6.54 Å². The Morgan fingerprint density at radius 3 is 2.86 bits per heavy atom. The van der Waals surface area contributed by atoms with Crippen molar-refractivity contribution in [2.45, 2.75) is 25.9 Å². The molecular formula is C16H18N4O2. The normalized spacial score (nSPS) is 18.3. The van der Waals surface area contributed by atoms with Crippen LogP contribution < -0.4 is 10.6 Å². The number of amides is 2. The van der Waals surface area contributed by atoms with Crippen LogP contribution in [0.5, 0.6) is 0 Å². The number of hydrogen-bond acceptors (Lipinski definition) is 3. The van der Waals surface area contributed by atoms with Gasteiger partial charge in [-0.2, -0.15) is 0 Å². The molecule has 0 aliphatic carbocycles. The van der Waals surface area contributed by atoms with Gasteiger partial charge in [0, 0.05) is 12.6 Å². The number of nitrogens with one attached hydrogen (secondary N) is 2. The van der Waals surface area contributed by atoms with Crippen molar-refractivity contribution in [1.29, 1.82) is 0 Å². The molecular weight excluding hydrogens is 280 g/mol. The van der Waals surface area contributed by atoms with Crippen LogP contribution in [-0.4, -0.2) is 27.9 Å². The molecule has 0 fully saturated rings. The Labute approximate surface area is 128 Å². The molecule has 1 aromatic heterocycles. The molecule has 22 heavy (non-hydrogen) atoms. The predicted molar refractivity (Wildman–Crippen MR) is 81.6 cm³/mol. The molecule has 0 saturated carbocycles. The summed E-state index contributed by atoms with van der Waals surface area (Å²) in [6.07, 6.45) is 1.56. The molecule has 2 N–H and O–H groups in total. The summed E-state index contributed by atoms with van der Waals surface area (Å²) >= 11 is 0. The lowest BCUT2D eigenvalue weighted by molar-refractivity contribution is 0.0887. The van der Waals surface area contributed by atoms with E-state index in [0.29, 0.717) is 12.2 Å². The first kappa shape index (κ1) is 14.3. The summed E-state index contributed by atoms with van der Waals surface area (Å²) < 4.78 is 1.75. The highest BCUT2D eigenvalue weighted by Crippen LogP contribution is 2.19. The Morgan fingerprint density at radius 1 is 1.41 bits per heavy atom. The molecule has 0 spiro atoms. The number of rotatable bonds is 3. The second-order valence-corrected chi connectivity index (χ2v) is 5.51. The quantitative estimate of drug-likeness (QED) is 0.905. The minimum atomic E-state index is -0.339. The van der Waals surface area contributed by atoms with E-state index in [1.165, 1.54) is 0 Å². The van der Waals surface area contributed by atoms with E-state index in [-0.39, 0.29) is 29.6 Å². The zero-order chi connectivity index (χ0) is 15.7. The maximum absolute atomic E-state index is 12.4. The number of hydrogen-bond donors (Lipinski definition) is 2. The summed E-state index contributed by atoms with van der Waals surface area (Å²) in [6.45, 7) is 4.42. The van der Waals surface area contributed by atoms with Gasteiger partial charge in [0.2, 0.25) is 0 Å². The van der Waals surface area contributed by atoms with E-state index in [1.54, 1.807) is 10.9 Å². The number of benzene rings is 1. The topological polar surface area (TPSA) is 76.0 Å². The van der Waals surface area contributed by atoms with Gasteiger partial charge in [0.15, 0.2) is 5.69 Å². The monoisotopic (exact) mass is 298 g/mol. The van der Waals surface area contributed by atoms with Gasteiger partial charge in [-0.15, -0.1) is 0 Å². The summed E-state index contributed by atoms with van der Waals surface area (Å²) in [5.74, 6) is -0.595. The standard InChI is InChI=1S/C16H18N4O2/c1-10-8-17-16(22)14-13(18-9-20(10)14)15(21)19-11(2)12-6-4-3-5-7-12/h3-7,9-11H,8H2,1-2H3,(H,17,22)(H,19,21)/t10-,11-/m0/s1. The van der Waals surface area contributed by atoms with E-state index in [2.05, 4.69) is 15.6 Å². The Balaban J connectivity index is 1.83. The first-order chi connectivity index (χ1) is 10.6. The zero-order valence-corrected chi connectivity index (χ0v) is 12.5. The Morgan fingerprint density at radius 2 is 2.14 bits per heavy atom. The lowest BCUT2D eigenvalue weighted by Crippen LogP contribution is -2.39. The molecule has 0 saturated heterocycles. The van der Waals surface area contributed by atoms with Crippen molar-refractivity contribution < 1.29 is 9.59 Å². The minimum Gasteiger partial charge on any atom is -0.349 e. The second-order valence-electron chi connectivity index (χ2n) is 5.51. The largest absolute Gasteiger partial charge is 0.349 e. The van der Waals surface area contributed by atoms with Crippen LogP contribution in [0.4, 0.5) is 0 Å². The van der Waals surface area contributed by atoms with E-state index in [1.807, 2.05) is 44.2 Å². The van der Waals surface area contributed by atoms with Crippen molar-refractivity contribution in [3.63, 3.8) is 0 Å². The Hall–Kier alpha value is -2.63. The van der Waals surface area contributed by atoms with Crippen LogP contribution in [0.25, 0.3) is 0 Å². The number of carbonyl (C=O) groups excluding carboxylic acids is 2. The maximum Gasteiger partial charge on any atom is 0.272 e. The molecule has 0 radical (unpaired) electrons. The van der Waals surface area contributed by atoms with Crippen LogP contribution in [0.2, 0.25) is 0 Å². The summed E-state index contributed by atoms with van der Waals surface area (Å²) in [7, 11) is 0. The highest BCUT2D eigenvalue weighted by Gasteiger charge is 2.29. The highest BCUT2D eigenvalue weighted by molar-refractivity contribution is 6.05. The average molecular weight is 298 g/mol. The van der Waals surface area contributed by atoms with Gasteiger partial charge < -0.3 is 15.2 Å². The molecule has 114 valence electrons. The molecule has 2 heterocycles. The van der Waals surface area contributed by atoms with E-state index in [4.69, 9.17) is 0 Å². The summed E-state index contributed by atoms with van der Waals surface area (Å²) in [4.78, 5) is 28.6. The summed E-state index contributed by atoms with van der Waals surface area (Å²) in [5.41, 5.74) is 1.50. The fourth-order valence-electron chi connectivity index (χ4n) is 2.60. The van der Waals surface area contributed by atoms with Crippen LogP contribution in [0, 0.1) is 0 Å². The van der Waals surface area contributed by atoms with Crippen molar-refractivity contribution in [3.8, 4) is 0 Å². The number of carbonyl (C=O) groups is 2. The van der Waals surface area contributed by atoms with Gasteiger partial charge in [0.05, 0.1) is 12.4 Å². The zero-order valence-electron chi connectivity index (χ0n) is 12.5. The predicted octanol–water partition coefficient (Wildman–Crippen LogP) is 1.68. The molecule has 0 bridgehead atoms. The third-order valence-corrected chi connectivity index (χ3v) is 3.90. The molecule has 1 aliphatic heterocycles. The highest BCUT2D eigenvalue weighted by atomic mass is 16.2. The molecule has 1 aliphatic rings. The van der Waals surface area contributed by atoms with Crippen molar-refractivity contribution >= 4 is 11.8 Å². The molecule has 2 atom stereocenters. The summed E-state index contributed by atoms with van der Waals surface area (Å²) in [6, 6.07) is 9.60. The third-order valence-electron chi connectivity index (χ3n) is 3.90. The second kappa shape index (κ2) is 5.63. The van der Waals surface area contributed by atoms with Crippen LogP contribution in [0.3, 0.4) is 0 Å². The van der Waals surface area contributed by atoms with Gasteiger partial charge in [0.1, 0.15) is 5.69 Å².